The van der Waals surface area contributed by atoms with Crippen LogP contribution in [0.4, 0.5) is 0 Å². The van der Waals surface area contributed by atoms with Gasteiger partial charge in [0.1, 0.15) is 6.54 Å². The Balaban J connectivity index is 1.68. The fourth-order valence-electron chi connectivity index (χ4n) is 3.29. The summed E-state index contributed by atoms with van der Waals surface area (Å²) in [6.07, 6.45) is 2.24. The van der Waals surface area contributed by atoms with Crippen molar-refractivity contribution in [2.45, 2.75) is 31.2 Å². The van der Waals surface area contributed by atoms with Gasteiger partial charge in [-0.3, -0.25) is 9.59 Å². The Labute approximate surface area is 143 Å². The van der Waals surface area contributed by atoms with E-state index >= 15 is 0 Å². The van der Waals surface area contributed by atoms with Gasteiger partial charge in [0.05, 0.1) is 0 Å². The van der Waals surface area contributed by atoms with Gasteiger partial charge < -0.3 is 14.7 Å². The zero-order valence-electron chi connectivity index (χ0n) is 12.8. The average molecular weight is 382 g/mol. The van der Waals surface area contributed by atoms with E-state index in [0.29, 0.717) is 26.1 Å². The van der Waals surface area contributed by atoms with Crippen molar-refractivity contribution in [1.82, 2.24) is 4.90 Å². The molecule has 0 aromatic heterocycles. The number of carboxylic acid groups (broad SMARTS) is 1. The second kappa shape index (κ2) is 7.01. The number of hydrogen-bond acceptors (Lipinski definition) is 3. The number of ether oxygens (including phenoxy) is 1. The van der Waals surface area contributed by atoms with Gasteiger partial charge in [0.15, 0.2) is 0 Å². The third kappa shape index (κ3) is 3.93. The van der Waals surface area contributed by atoms with E-state index in [0.717, 1.165) is 16.5 Å². The van der Waals surface area contributed by atoms with E-state index in [1.807, 2.05) is 24.3 Å². The van der Waals surface area contributed by atoms with E-state index in [9.17, 15) is 9.59 Å². The molecule has 6 heteroatoms. The fraction of sp³-hybridized carbons (Fsp3) is 0.529. The lowest BCUT2D eigenvalue weighted by Crippen LogP contribution is -2.46. The number of benzene rings is 1. The summed E-state index contributed by atoms with van der Waals surface area (Å²) in [5.74, 6) is -0.844. The molecule has 1 saturated heterocycles. The molecule has 23 heavy (non-hydrogen) atoms. The van der Waals surface area contributed by atoms with Crippen LogP contribution in [-0.4, -0.2) is 47.7 Å². The monoisotopic (exact) mass is 381 g/mol. The van der Waals surface area contributed by atoms with Gasteiger partial charge in [-0.15, -0.1) is 0 Å². The molecule has 1 saturated carbocycles. The molecule has 1 N–H and O–H groups in total. The Hall–Kier alpha value is -1.40. The van der Waals surface area contributed by atoms with Crippen LogP contribution in [0.3, 0.4) is 0 Å². The van der Waals surface area contributed by atoms with Crippen molar-refractivity contribution < 1.29 is 19.4 Å². The minimum absolute atomic E-state index is 0.0153. The lowest BCUT2D eigenvalue weighted by molar-refractivity contribution is -0.148. The number of halogens is 1. The summed E-state index contributed by atoms with van der Waals surface area (Å²) in [6, 6.07) is 7.99. The number of carboxylic acids is 1. The normalized spacial score (nSPS) is 24.2. The van der Waals surface area contributed by atoms with Gasteiger partial charge in [-0.05, 0) is 42.9 Å². The second-order valence-electron chi connectivity index (χ2n) is 6.20. The van der Waals surface area contributed by atoms with Crippen molar-refractivity contribution in [3.63, 3.8) is 0 Å². The first-order chi connectivity index (χ1) is 11.1. The maximum absolute atomic E-state index is 12.8. The standard InChI is InChI=1S/C17H20BrNO4/c18-12-3-1-11(2-4-12)14-9-15(14)17(22)19(10-16(20)21)13-5-7-23-8-6-13/h1-4,13-15H,5-10H2,(H,20,21)/t14-,15-/m1/s1. The van der Waals surface area contributed by atoms with Crippen LogP contribution in [0.1, 0.15) is 30.7 Å². The summed E-state index contributed by atoms with van der Waals surface area (Å²) < 4.78 is 6.34. The fourth-order valence-corrected chi connectivity index (χ4v) is 3.55. The molecule has 0 radical (unpaired) electrons. The van der Waals surface area contributed by atoms with Crippen LogP contribution in [-0.2, 0) is 14.3 Å². The van der Waals surface area contributed by atoms with Crippen molar-refractivity contribution in [3.8, 4) is 0 Å². The summed E-state index contributed by atoms with van der Waals surface area (Å²) in [7, 11) is 0. The third-order valence-corrected chi connectivity index (χ3v) is 5.15. The molecule has 0 spiro atoms. The average Bonchev–Trinajstić information content (AvgIpc) is 3.34. The van der Waals surface area contributed by atoms with E-state index in [4.69, 9.17) is 9.84 Å². The summed E-state index contributed by atoms with van der Waals surface area (Å²) in [6.45, 7) is 0.969. The molecule has 2 fully saturated rings. The number of rotatable bonds is 5. The Morgan fingerprint density at radius 3 is 2.48 bits per heavy atom. The van der Waals surface area contributed by atoms with E-state index in [1.54, 1.807) is 4.90 Å². The van der Waals surface area contributed by atoms with Crippen molar-refractivity contribution in [3.05, 3.63) is 34.3 Å². The highest BCUT2D eigenvalue weighted by Gasteiger charge is 2.47. The largest absolute Gasteiger partial charge is 0.480 e. The maximum Gasteiger partial charge on any atom is 0.323 e. The second-order valence-corrected chi connectivity index (χ2v) is 7.12. The molecule has 1 aliphatic carbocycles. The highest BCUT2D eigenvalue weighted by Crippen LogP contribution is 2.49. The number of carbonyl (C=O) groups is 2. The predicted octanol–water partition coefficient (Wildman–Crippen LogP) is 2.64. The van der Waals surface area contributed by atoms with Gasteiger partial charge >= 0.3 is 5.97 Å². The highest BCUT2D eigenvalue weighted by atomic mass is 79.9. The molecule has 2 atom stereocenters. The molecule has 0 unspecified atom stereocenters. The first-order valence-corrected chi connectivity index (χ1v) is 8.71. The molecular weight excluding hydrogens is 362 g/mol. The van der Waals surface area contributed by atoms with Crippen molar-refractivity contribution in [1.29, 1.82) is 0 Å². The molecule has 1 aliphatic heterocycles. The smallest absolute Gasteiger partial charge is 0.323 e. The quantitative estimate of drug-likeness (QED) is 0.851. The van der Waals surface area contributed by atoms with Crippen molar-refractivity contribution in [2.75, 3.05) is 19.8 Å². The summed E-state index contributed by atoms with van der Waals surface area (Å²) in [5, 5.41) is 9.15. The molecular formula is C17H20BrNO4. The van der Waals surface area contributed by atoms with Gasteiger partial charge in [-0.25, -0.2) is 0 Å². The number of aliphatic carboxylic acids is 1. The number of amides is 1. The van der Waals surface area contributed by atoms with Crippen LogP contribution >= 0.6 is 15.9 Å². The third-order valence-electron chi connectivity index (χ3n) is 4.63. The van der Waals surface area contributed by atoms with Crippen LogP contribution in [0.15, 0.2) is 28.7 Å². The number of nitrogens with zero attached hydrogens (tertiary/aromatic N) is 1. The zero-order valence-corrected chi connectivity index (χ0v) is 14.4. The van der Waals surface area contributed by atoms with Crippen LogP contribution in [0.25, 0.3) is 0 Å². The van der Waals surface area contributed by atoms with Gasteiger partial charge in [-0.1, -0.05) is 28.1 Å². The molecule has 3 rings (SSSR count). The Kier molecular flexibility index (Phi) is 5.02. The van der Waals surface area contributed by atoms with Crippen LogP contribution in [0, 0.1) is 5.92 Å². The topological polar surface area (TPSA) is 66.8 Å². The molecule has 1 heterocycles. The molecule has 0 bridgehead atoms. The first-order valence-electron chi connectivity index (χ1n) is 7.91. The van der Waals surface area contributed by atoms with Crippen LogP contribution in [0.5, 0.6) is 0 Å². The molecule has 1 aromatic rings. The zero-order chi connectivity index (χ0) is 16.4. The SMILES string of the molecule is O=C(O)CN(C(=O)[C@@H]1C[C@@H]1c1ccc(Br)cc1)C1CCOCC1. The first kappa shape index (κ1) is 16.5. The van der Waals surface area contributed by atoms with E-state index in [1.165, 1.54) is 0 Å². The Morgan fingerprint density at radius 1 is 1.22 bits per heavy atom. The Morgan fingerprint density at radius 2 is 1.87 bits per heavy atom. The van der Waals surface area contributed by atoms with Crippen molar-refractivity contribution >= 4 is 27.8 Å². The lowest BCUT2D eigenvalue weighted by Gasteiger charge is -2.33. The van der Waals surface area contributed by atoms with E-state index < -0.39 is 5.97 Å². The molecule has 124 valence electrons. The minimum atomic E-state index is -0.953. The number of hydrogen-bond donors (Lipinski definition) is 1. The van der Waals surface area contributed by atoms with E-state index in [-0.39, 0.29) is 30.3 Å². The molecule has 5 nitrogen and oxygen atoms in total. The molecule has 1 aromatic carbocycles. The minimum Gasteiger partial charge on any atom is -0.480 e. The van der Waals surface area contributed by atoms with Gasteiger partial charge in [0.2, 0.25) is 5.91 Å². The van der Waals surface area contributed by atoms with Gasteiger partial charge in [0, 0.05) is 29.6 Å². The predicted molar refractivity (Wildman–Crippen MR) is 88.2 cm³/mol. The Bertz CT molecular complexity index is 583. The van der Waals surface area contributed by atoms with E-state index in [2.05, 4.69) is 15.9 Å². The molecule has 2 aliphatic rings. The van der Waals surface area contributed by atoms with Crippen LogP contribution in [0.2, 0.25) is 0 Å². The lowest BCUT2D eigenvalue weighted by atomic mass is 10.0. The van der Waals surface area contributed by atoms with Crippen molar-refractivity contribution in [2.24, 2.45) is 5.92 Å². The summed E-state index contributed by atoms with van der Waals surface area (Å²) >= 11 is 3.41. The van der Waals surface area contributed by atoms with Gasteiger partial charge in [0.25, 0.3) is 0 Å². The molecule has 1 amide bonds. The highest BCUT2D eigenvalue weighted by molar-refractivity contribution is 9.10. The summed E-state index contributed by atoms with van der Waals surface area (Å²) in [5.41, 5.74) is 1.15. The maximum atomic E-state index is 12.8. The summed E-state index contributed by atoms with van der Waals surface area (Å²) in [4.78, 5) is 25.5. The van der Waals surface area contributed by atoms with Gasteiger partial charge in [-0.2, -0.15) is 0 Å². The number of carbonyl (C=O) groups excluding carboxylic acids is 1. The van der Waals surface area contributed by atoms with Crippen LogP contribution < -0.4 is 0 Å².